The predicted molar refractivity (Wildman–Crippen MR) is 119 cm³/mol. The van der Waals surface area contributed by atoms with Crippen molar-refractivity contribution in [3.05, 3.63) is 64.9 Å². The molecule has 0 bridgehead atoms. The van der Waals surface area contributed by atoms with Crippen molar-refractivity contribution < 1.29 is 9.18 Å². The molecule has 4 nitrogen and oxygen atoms in total. The zero-order valence-corrected chi connectivity index (χ0v) is 17.4. The van der Waals surface area contributed by atoms with Gasteiger partial charge in [0, 0.05) is 16.3 Å². The van der Waals surface area contributed by atoms with Crippen LogP contribution in [0.4, 0.5) is 10.1 Å². The Kier molecular flexibility index (Phi) is 6.01. The largest absolute Gasteiger partial charge is 0.325 e. The first-order chi connectivity index (χ1) is 14.0. The van der Waals surface area contributed by atoms with E-state index in [-0.39, 0.29) is 17.5 Å². The summed E-state index contributed by atoms with van der Waals surface area (Å²) < 4.78 is 13.4. The summed E-state index contributed by atoms with van der Waals surface area (Å²) in [5.74, 6) is -0.186. The number of halogens is 2. The van der Waals surface area contributed by atoms with Gasteiger partial charge in [0.2, 0.25) is 5.91 Å². The number of nitrogens with zero attached hydrogens (tertiary/aromatic N) is 2. The Morgan fingerprint density at radius 3 is 2.41 bits per heavy atom. The molecule has 2 aromatic rings. The summed E-state index contributed by atoms with van der Waals surface area (Å²) >= 11 is 7.26. The molecule has 7 heteroatoms. The summed E-state index contributed by atoms with van der Waals surface area (Å²) in [6.07, 6.45) is 5.22. The summed E-state index contributed by atoms with van der Waals surface area (Å²) in [6.45, 7) is 0. The molecule has 1 saturated carbocycles. The highest BCUT2D eigenvalue weighted by atomic mass is 35.5. The maximum atomic E-state index is 13.4. The van der Waals surface area contributed by atoms with Gasteiger partial charge in [-0.05, 0) is 74.2 Å². The zero-order chi connectivity index (χ0) is 20.3. The average molecular weight is 430 g/mol. The number of carbonyl (C=O) groups is 1. The van der Waals surface area contributed by atoms with E-state index in [2.05, 4.69) is 5.32 Å². The maximum Gasteiger partial charge on any atom is 0.234 e. The molecule has 2 aliphatic rings. The maximum absolute atomic E-state index is 13.4. The fourth-order valence-corrected chi connectivity index (χ4v) is 4.63. The molecule has 4 rings (SSSR count). The topological polar surface area (TPSA) is 53.8 Å². The summed E-state index contributed by atoms with van der Waals surface area (Å²) in [5, 5.41) is 4.24. The molecule has 2 aromatic carbocycles. The van der Waals surface area contributed by atoms with Gasteiger partial charge in [-0.2, -0.15) is 0 Å². The summed E-state index contributed by atoms with van der Waals surface area (Å²) in [7, 11) is 0. The number of rotatable bonds is 4. The lowest BCUT2D eigenvalue weighted by Gasteiger charge is -2.27. The van der Waals surface area contributed by atoms with Crippen LogP contribution < -0.4 is 5.32 Å². The smallest absolute Gasteiger partial charge is 0.234 e. The predicted octanol–water partition coefficient (Wildman–Crippen LogP) is 5.71. The highest BCUT2D eigenvalue weighted by Gasteiger charge is 2.37. The molecule has 0 unspecified atom stereocenters. The third kappa shape index (κ3) is 4.87. The van der Waals surface area contributed by atoms with Crippen molar-refractivity contribution >= 4 is 45.7 Å². The van der Waals surface area contributed by atoms with Crippen molar-refractivity contribution in [2.45, 2.75) is 37.8 Å². The molecule has 150 valence electrons. The SMILES string of the molecule is O=C(CSC1=NC2(CCCCC2)N=C1c1ccc(F)cc1)Nc1ccc(Cl)cc1. The van der Waals surface area contributed by atoms with Crippen molar-refractivity contribution in [2.24, 2.45) is 9.98 Å². The highest BCUT2D eigenvalue weighted by Crippen LogP contribution is 2.38. The molecule has 0 aromatic heterocycles. The van der Waals surface area contributed by atoms with E-state index in [0.717, 1.165) is 42.0 Å². The van der Waals surface area contributed by atoms with Crippen LogP contribution in [-0.4, -0.2) is 28.1 Å². The van der Waals surface area contributed by atoms with Crippen LogP contribution in [0.25, 0.3) is 0 Å². The number of nitrogens with one attached hydrogen (secondary N) is 1. The number of aliphatic imine (C=N–C) groups is 2. The van der Waals surface area contributed by atoms with Gasteiger partial charge in [0.25, 0.3) is 0 Å². The Labute approximate surface area is 178 Å². The van der Waals surface area contributed by atoms with Gasteiger partial charge >= 0.3 is 0 Å². The van der Waals surface area contributed by atoms with Crippen LogP contribution >= 0.6 is 23.4 Å². The van der Waals surface area contributed by atoms with Crippen molar-refractivity contribution in [1.82, 2.24) is 0 Å². The van der Waals surface area contributed by atoms with E-state index in [4.69, 9.17) is 21.6 Å². The zero-order valence-electron chi connectivity index (χ0n) is 15.8. The molecule has 1 spiro atoms. The second-order valence-electron chi connectivity index (χ2n) is 7.27. The van der Waals surface area contributed by atoms with Crippen LogP contribution in [0.3, 0.4) is 0 Å². The summed E-state index contributed by atoms with van der Waals surface area (Å²) in [6, 6.07) is 13.3. The lowest BCUT2D eigenvalue weighted by Crippen LogP contribution is -2.25. The van der Waals surface area contributed by atoms with Crippen molar-refractivity contribution in [1.29, 1.82) is 0 Å². The molecular weight excluding hydrogens is 409 g/mol. The standard InChI is InChI=1S/C22H21ClFN3OS/c23-16-6-10-18(11-7-16)25-19(28)14-29-21-20(15-4-8-17(24)9-5-15)26-22(27-21)12-2-1-3-13-22/h4-11H,1-3,12-14H2,(H,25,28). The second-order valence-corrected chi connectivity index (χ2v) is 8.67. The van der Waals surface area contributed by atoms with Gasteiger partial charge in [-0.15, -0.1) is 0 Å². The monoisotopic (exact) mass is 429 g/mol. The van der Waals surface area contributed by atoms with Crippen LogP contribution in [0.1, 0.15) is 37.7 Å². The van der Waals surface area contributed by atoms with Crippen molar-refractivity contribution in [3.8, 4) is 0 Å². The van der Waals surface area contributed by atoms with Gasteiger partial charge in [-0.25, -0.2) is 9.38 Å². The van der Waals surface area contributed by atoms with Crippen LogP contribution in [-0.2, 0) is 4.79 Å². The van der Waals surface area contributed by atoms with Crippen LogP contribution in [0.15, 0.2) is 58.5 Å². The minimum atomic E-state index is -0.420. The normalized spacial score (nSPS) is 17.7. The number of benzene rings is 2. The van der Waals surface area contributed by atoms with E-state index in [1.165, 1.54) is 30.3 Å². The minimum absolute atomic E-state index is 0.122. The Balaban J connectivity index is 1.49. The van der Waals surface area contributed by atoms with Crippen LogP contribution in [0, 0.1) is 5.82 Å². The Morgan fingerprint density at radius 2 is 1.72 bits per heavy atom. The molecule has 0 radical (unpaired) electrons. The summed E-state index contributed by atoms with van der Waals surface area (Å²) in [4.78, 5) is 22.3. The number of anilines is 1. The number of hydrogen-bond acceptors (Lipinski definition) is 4. The van der Waals surface area contributed by atoms with Gasteiger partial charge < -0.3 is 5.32 Å². The van der Waals surface area contributed by atoms with Crippen molar-refractivity contribution in [2.75, 3.05) is 11.1 Å². The quantitative estimate of drug-likeness (QED) is 0.676. The Morgan fingerprint density at radius 1 is 1.03 bits per heavy atom. The van der Waals surface area contributed by atoms with Gasteiger partial charge in [-0.1, -0.05) is 29.8 Å². The van der Waals surface area contributed by atoms with E-state index >= 15 is 0 Å². The fraction of sp³-hybridized carbons (Fsp3) is 0.318. The van der Waals surface area contributed by atoms with Crippen LogP contribution in [0.5, 0.6) is 0 Å². The molecule has 0 saturated heterocycles. The number of carbonyl (C=O) groups excluding carboxylic acids is 1. The molecule has 1 heterocycles. The van der Waals surface area contributed by atoms with Gasteiger partial charge in [0.1, 0.15) is 10.9 Å². The van der Waals surface area contributed by atoms with Gasteiger partial charge in [-0.3, -0.25) is 9.79 Å². The number of thioether (sulfide) groups is 1. The van der Waals surface area contributed by atoms with E-state index in [1.807, 2.05) is 0 Å². The second kappa shape index (κ2) is 8.67. The average Bonchev–Trinajstić information content (AvgIpc) is 3.07. The molecule has 1 amide bonds. The Bertz CT molecular complexity index is 951. The molecule has 0 atom stereocenters. The molecule has 1 aliphatic heterocycles. The van der Waals surface area contributed by atoms with E-state index in [9.17, 15) is 9.18 Å². The molecule has 1 aliphatic carbocycles. The van der Waals surface area contributed by atoms with Crippen molar-refractivity contribution in [3.63, 3.8) is 0 Å². The minimum Gasteiger partial charge on any atom is -0.325 e. The molecule has 1 fully saturated rings. The first-order valence-corrected chi connectivity index (χ1v) is 11.0. The Hall–Kier alpha value is -2.18. The molecule has 29 heavy (non-hydrogen) atoms. The fourth-order valence-electron chi connectivity index (χ4n) is 3.63. The van der Waals surface area contributed by atoms with E-state index in [0.29, 0.717) is 10.7 Å². The number of amides is 1. The van der Waals surface area contributed by atoms with Gasteiger partial charge in [0.05, 0.1) is 11.5 Å². The molecule has 1 N–H and O–H groups in total. The number of hydrogen-bond donors (Lipinski definition) is 1. The van der Waals surface area contributed by atoms with E-state index < -0.39 is 5.66 Å². The third-order valence-electron chi connectivity index (χ3n) is 5.07. The van der Waals surface area contributed by atoms with E-state index in [1.54, 1.807) is 36.4 Å². The highest BCUT2D eigenvalue weighted by molar-refractivity contribution is 8.16. The lowest BCUT2D eigenvalue weighted by atomic mass is 9.90. The lowest BCUT2D eigenvalue weighted by molar-refractivity contribution is -0.113. The third-order valence-corrected chi connectivity index (χ3v) is 6.29. The molecular formula is C22H21ClFN3OS. The first-order valence-electron chi connectivity index (χ1n) is 9.67. The van der Waals surface area contributed by atoms with Gasteiger partial charge in [0.15, 0.2) is 5.66 Å². The summed E-state index contributed by atoms with van der Waals surface area (Å²) in [5.41, 5.74) is 1.87. The first kappa shape index (κ1) is 20.1. The van der Waals surface area contributed by atoms with Crippen LogP contribution in [0.2, 0.25) is 5.02 Å².